The maximum absolute atomic E-state index is 13.2. The van der Waals surface area contributed by atoms with Gasteiger partial charge in [-0.1, -0.05) is 48.5 Å². The van der Waals surface area contributed by atoms with Crippen molar-refractivity contribution in [3.05, 3.63) is 76.2 Å². The quantitative estimate of drug-likeness (QED) is 0.714. The molecular weight excluding hydrogens is 342 g/mol. The number of carbonyl (C=O) groups is 1. The highest BCUT2D eigenvalue weighted by Gasteiger charge is 2.27. The number of carbonyl (C=O) groups excluding carboxylic acids is 1. The first-order chi connectivity index (χ1) is 13.1. The van der Waals surface area contributed by atoms with Crippen LogP contribution in [0.15, 0.2) is 59.4 Å². The highest BCUT2D eigenvalue weighted by atomic mass is 16.5. The van der Waals surface area contributed by atoms with E-state index in [0.717, 1.165) is 12.0 Å². The average Bonchev–Trinajstić information content (AvgIpc) is 3.25. The topological polar surface area (TPSA) is 64.4 Å². The molecule has 1 fully saturated rings. The third-order valence-electron chi connectivity index (χ3n) is 5.02. The Hall–Kier alpha value is -2.99. The average molecular weight is 363 g/mol. The molecule has 4 rings (SSSR count). The van der Waals surface area contributed by atoms with Gasteiger partial charge in [0.15, 0.2) is 5.69 Å². The number of likely N-dealkylation sites (N-methyl/N-ethyl adjacent to an activating group) is 1. The number of hydrogen-bond acceptors (Lipinski definition) is 4. The Morgan fingerprint density at radius 1 is 1.15 bits per heavy atom. The summed E-state index contributed by atoms with van der Waals surface area (Å²) in [6, 6.07) is 16.8. The molecule has 0 aliphatic carbocycles. The van der Waals surface area contributed by atoms with E-state index in [1.54, 1.807) is 30.1 Å². The zero-order valence-corrected chi connectivity index (χ0v) is 15.2. The molecular formula is C21H21N3O3. The summed E-state index contributed by atoms with van der Waals surface area (Å²) in [4.78, 5) is 27.7. The molecule has 6 nitrogen and oxygen atoms in total. The van der Waals surface area contributed by atoms with Gasteiger partial charge in [0.1, 0.15) is 0 Å². The van der Waals surface area contributed by atoms with Gasteiger partial charge in [0.05, 0.1) is 24.6 Å². The molecule has 27 heavy (non-hydrogen) atoms. The Morgan fingerprint density at radius 2 is 1.85 bits per heavy atom. The van der Waals surface area contributed by atoms with Gasteiger partial charge in [0.2, 0.25) is 0 Å². The molecule has 2 aromatic carbocycles. The highest BCUT2D eigenvalue weighted by molar-refractivity contribution is 6.04. The number of aromatic nitrogens is 2. The fraction of sp³-hybridized carbons (Fsp3) is 0.286. The Labute approximate surface area is 157 Å². The van der Waals surface area contributed by atoms with E-state index in [1.165, 1.54) is 4.68 Å². The fourth-order valence-electron chi connectivity index (χ4n) is 3.42. The van der Waals surface area contributed by atoms with Gasteiger partial charge in [0, 0.05) is 19.0 Å². The van der Waals surface area contributed by atoms with Crippen molar-refractivity contribution in [2.24, 2.45) is 0 Å². The Kier molecular flexibility index (Phi) is 4.73. The number of rotatable bonds is 4. The zero-order valence-electron chi connectivity index (χ0n) is 15.2. The molecule has 138 valence electrons. The molecule has 1 atom stereocenters. The predicted octanol–water partition coefficient (Wildman–Crippen LogP) is 2.31. The van der Waals surface area contributed by atoms with Crippen molar-refractivity contribution in [1.29, 1.82) is 0 Å². The Morgan fingerprint density at radius 3 is 2.56 bits per heavy atom. The van der Waals surface area contributed by atoms with E-state index in [2.05, 4.69) is 5.10 Å². The van der Waals surface area contributed by atoms with Crippen LogP contribution in [-0.2, 0) is 11.3 Å². The largest absolute Gasteiger partial charge is 0.379 e. The molecule has 0 radical (unpaired) electrons. The summed E-state index contributed by atoms with van der Waals surface area (Å²) in [5.41, 5.74) is 1.06. The van der Waals surface area contributed by atoms with Crippen LogP contribution in [0, 0.1) is 0 Å². The van der Waals surface area contributed by atoms with Crippen molar-refractivity contribution in [1.82, 2.24) is 14.7 Å². The minimum Gasteiger partial charge on any atom is -0.379 e. The van der Waals surface area contributed by atoms with Crippen molar-refractivity contribution in [2.45, 2.75) is 19.0 Å². The normalized spacial score (nSPS) is 16.6. The number of ether oxygens (including phenoxy) is 1. The number of nitrogens with zero attached hydrogens (tertiary/aromatic N) is 3. The SMILES string of the molecule is CN(C(=O)c1nn(Cc2ccccc2)c(=O)c2ccccc12)C1CCOC1. The van der Waals surface area contributed by atoms with Crippen molar-refractivity contribution in [3.63, 3.8) is 0 Å². The number of amides is 1. The molecule has 0 bridgehead atoms. The summed E-state index contributed by atoms with van der Waals surface area (Å²) < 4.78 is 6.78. The van der Waals surface area contributed by atoms with Gasteiger partial charge >= 0.3 is 0 Å². The summed E-state index contributed by atoms with van der Waals surface area (Å²) in [7, 11) is 1.77. The molecule has 1 amide bonds. The van der Waals surface area contributed by atoms with Gasteiger partial charge in [0.25, 0.3) is 11.5 Å². The van der Waals surface area contributed by atoms with Crippen molar-refractivity contribution in [3.8, 4) is 0 Å². The van der Waals surface area contributed by atoms with Crippen LogP contribution in [0.4, 0.5) is 0 Å². The van der Waals surface area contributed by atoms with E-state index < -0.39 is 0 Å². The van der Waals surface area contributed by atoms with Crippen LogP contribution < -0.4 is 5.56 Å². The summed E-state index contributed by atoms with van der Waals surface area (Å²) >= 11 is 0. The van der Waals surface area contributed by atoms with Gasteiger partial charge in [-0.15, -0.1) is 0 Å². The standard InChI is InChI=1S/C21H21N3O3/c1-23(16-11-12-27-14-16)21(26)19-17-9-5-6-10-18(17)20(25)24(22-19)13-15-7-3-2-4-8-15/h2-10,16H,11-14H2,1H3. The van der Waals surface area contributed by atoms with Gasteiger partial charge in [-0.25, -0.2) is 4.68 Å². The second-order valence-corrected chi connectivity index (χ2v) is 6.78. The van der Waals surface area contributed by atoms with E-state index in [0.29, 0.717) is 36.2 Å². The highest BCUT2D eigenvalue weighted by Crippen LogP contribution is 2.18. The molecule has 1 aromatic heterocycles. The molecule has 2 heterocycles. The van der Waals surface area contributed by atoms with E-state index >= 15 is 0 Å². The van der Waals surface area contributed by atoms with Crippen LogP contribution in [-0.4, -0.2) is 46.9 Å². The molecule has 6 heteroatoms. The van der Waals surface area contributed by atoms with E-state index in [1.807, 2.05) is 36.4 Å². The van der Waals surface area contributed by atoms with Gasteiger partial charge in [-0.2, -0.15) is 5.10 Å². The van der Waals surface area contributed by atoms with E-state index in [4.69, 9.17) is 4.74 Å². The maximum atomic E-state index is 13.2. The number of benzene rings is 2. The first kappa shape index (κ1) is 17.4. The molecule has 0 saturated carbocycles. The second-order valence-electron chi connectivity index (χ2n) is 6.78. The molecule has 3 aromatic rings. The second kappa shape index (κ2) is 7.32. The molecule has 1 saturated heterocycles. The van der Waals surface area contributed by atoms with Crippen LogP contribution in [0.1, 0.15) is 22.5 Å². The molecule has 1 unspecified atom stereocenters. The van der Waals surface area contributed by atoms with Gasteiger partial charge in [-0.3, -0.25) is 9.59 Å². The van der Waals surface area contributed by atoms with Gasteiger partial charge < -0.3 is 9.64 Å². The van der Waals surface area contributed by atoms with Crippen molar-refractivity contribution < 1.29 is 9.53 Å². The number of hydrogen-bond donors (Lipinski definition) is 0. The van der Waals surface area contributed by atoms with Crippen LogP contribution >= 0.6 is 0 Å². The van der Waals surface area contributed by atoms with Crippen LogP contribution in [0.5, 0.6) is 0 Å². The summed E-state index contributed by atoms with van der Waals surface area (Å²) in [5, 5.41) is 5.55. The van der Waals surface area contributed by atoms with Crippen LogP contribution in [0.25, 0.3) is 10.8 Å². The zero-order chi connectivity index (χ0) is 18.8. The predicted molar refractivity (Wildman–Crippen MR) is 103 cm³/mol. The van der Waals surface area contributed by atoms with Crippen LogP contribution in [0.3, 0.4) is 0 Å². The smallest absolute Gasteiger partial charge is 0.275 e. The Bertz CT molecular complexity index is 1020. The number of fused-ring (bicyclic) bond motifs is 1. The molecule has 0 spiro atoms. The Balaban J connectivity index is 1.80. The first-order valence-electron chi connectivity index (χ1n) is 9.04. The van der Waals surface area contributed by atoms with Crippen molar-refractivity contribution in [2.75, 3.05) is 20.3 Å². The minimum absolute atomic E-state index is 0.0348. The molecule has 0 N–H and O–H groups in total. The fourth-order valence-corrected chi connectivity index (χ4v) is 3.42. The lowest BCUT2D eigenvalue weighted by Crippen LogP contribution is -2.39. The first-order valence-corrected chi connectivity index (χ1v) is 9.04. The lowest BCUT2D eigenvalue weighted by molar-refractivity contribution is 0.0705. The monoisotopic (exact) mass is 363 g/mol. The molecule has 1 aliphatic heterocycles. The van der Waals surface area contributed by atoms with Gasteiger partial charge in [-0.05, 0) is 18.1 Å². The van der Waals surface area contributed by atoms with Crippen molar-refractivity contribution >= 4 is 16.7 Å². The summed E-state index contributed by atoms with van der Waals surface area (Å²) in [6.45, 7) is 1.51. The lowest BCUT2D eigenvalue weighted by atomic mass is 10.1. The third-order valence-corrected chi connectivity index (χ3v) is 5.02. The molecule has 1 aliphatic rings. The summed E-state index contributed by atoms with van der Waals surface area (Å²) in [6.07, 6.45) is 0.809. The van der Waals surface area contributed by atoms with Crippen LogP contribution in [0.2, 0.25) is 0 Å². The van der Waals surface area contributed by atoms with E-state index in [9.17, 15) is 9.59 Å². The maximum Gasteiger partial charge on any atom is 0.275 e. The van der Waals surface area contributed by atoms with E-state index in [-0.39, 0.29) is 17.5 Å². The third kappa shape index (κ3) is 3.36. The summed E-state index contributed by atoms with van der Waals surface area (Å²) in [5.74, 6) is -0.191. The lowest BCUT2D eigenvalue weighted by Gasteiger charge is -2.23. The minimum atomic E-state index is -0.196.